The van der Waals surface area contributed by atoms with Gasteiger partial charge in [0.1, 0.15) is 6.54 Å². The number of ketones is 1. The third-order valence-corrected chi connectivity index (χ3v) is 3.41. The van der Waals surface area contributed by atoms with Gasteiger partial charge in [-0.1, -0.05) is 13.8 Å². The van der Waals surface area contributed by atoms with Crippen molar-refractivity contribution in [3.05, 3.63) is 23.0 Å². The van der Waals surface area contributed by atoms with E-state index in [1.54, 1.807) is 13.0 Å². The molecule has 0 spiro atoms. The van der Waals surface area contributed by atoms with Crippen LogP contribution in [0.25, 0.3) is 0 Å². The summed E-state index contributed by atoms with van der Waals surface area (Å²) in [6.07, 6.45) is 0. The second-order valence-electron chi connectivity index (χ2n) is 5.55. The van der Waals surface area contributed by atoms with Crippen molar-refractivity contribution < 1.29 is 9.59 Å². The van der Waals surface area contributed by atoms with E-state index in [9.17, 15) is 9.59 Å². The first-order valence-electron chi connectivity index (χ1n) is 6.85. The Morgan fingerprint density at radius 2 is 1.90 bits per heavy atom. The summed E-state index contributed by atoms with van der Waals surface area (Å²) < 4.78 is 1.85. The van der Waals surface area contributed by atoms with Crippen molar-refractivity contribution in [2.75, 3.05) is 6.54 Å². The average Bonchev–Trinajstić information content (AvgIpc) is 2.63. The van der Waals surface area contributed by atoms with E-state index >= 15 is 0 Å². The minimum Gasteiger partial charge on any atom is -0.354 e. The predicted octanol–water partition coefficient (Wildman–Crippen LogP) is 2.69. The summed E-state index contributed by atoms with van der Waals surface area (Å²) in [6, 6.07) is 1.80. The zero-order chi connectivity index (χ0) is 15.4. The third kappa shape index (κ3) is 4.10. The lowest BCUT2D eigenvalue weighted by atomic mass is 10.1. The normalized spacial score (nSPS) is 12.6. The van der Waals surface area contributed by atoms with Crippen LogP contribution in [-0.2, 0) is 11.3 Å². The fourth-order valence-corrected chi connectivity index (χ4v) is 2.14. The lowest BCUT2D eigenvalue weighted by molar-refractivity contribution is -0.121. The Bertz CT molecular complexity index is 504. The molecule has 1 aromatic heterocycles. The molecule has 0 fully saturated rings. The molecule has 20 heavy (non-hydrogen) atoms. The smallest absolute Gasteiger partial charge is 0.239 e. The van der Waals surface area contributed by atoms with Crippen LogP contribution in [0.1, 0.15) is 42.5 Å². The molecule has 1 rings (SSSR count). The Hall–Kier alpha value is -1.29. The van der Waals surface area contributed by atoms with Gasteiger partial charge in [-0.2, -0.15) is 0 Å². The molecule has 0 aliphatic carbocycles. The number of amides is 1. The molecular weight excluding hydrogens is 276 g/mol. The highest BCUT2D eigenvalue weighted by molar-refractivity contribution is 6.33. The van der Waals surface area contributed by atoms with Crippen LogP contribution in [0.5, 0.6) is 0 Å². The molecular formula is C15H23ClN2O2. The maximum Gasteiger partial charge on any atom is 0.239 e. The standard InChI is InChI=1S/C15H23ClN2O2/c1-9(2)7-17-14(19)8-18-10(3)6-13(12(18)5)15(20)11(4)16/h6,9,11H,7-8H2,1-5H3,(H,17,19). The predicted molar refractivity (Wildman–Crippen MR) is 81.4 cm³/mol. The molecule has 1 amide bonds. The number of aromatic nitrogens is 1. The zero-order valence-corrected chi connectivity index (χ0v) is 13.5. The highest BCUT2D eigenvalue weighted by Crippen LogP contribution is 2.18. The number of hydrogen-bond acceptors (Lipinski definition) is 2. The van der Waals surface area contributed by atoms with Gasteiger partial charge in [0, 0.05) is 23.5 Å². The first-order chi connectivity index (χ1) is 9.23. The first kappa shape index (κ1) is 16.8. The summed E-state index contributed by atoms with van der Waals surface area (Å²) in [7, 11) is 0. The molecule has 1 heterocycles. The van der Waals surface area contributed by atoms with Crippen molar-refractivity contribution in [1.29, 1.82) is 0 Å². The van der Waals surface area contributed by atoms with Gasteiger partial charge in [-0.05, 0) is 32.8 Å². The first-order valence-corrected chi connectivity index (χ1v) is 7.29. The Labute approximate surface area is 125 Å². The SMILES string of the molecule is Cc1cc(C(=O)C(C)Cl)c(C)n1CC(=O)NCC(C)C. The van der Waals surface area contributed by atoms with Crippen LogP contribution in [0.15, 0.2) is 6.07 Å². The largest absolute Gasteiger partial charge is 0.354 e. The topological polar surface area (TPSA) is 51.1 Å². The second-order valence-corrected chi connectivity index (χ2v) is 6.20. The van der Waals surface area contributed by atoms with Gasteiger partial charge in [-0.25, -0.2) is 0 Å². The number of nitrogens with one attached hydrogen (secondary N) is 1. The molecule has 0 aliphatic heterocycles. The molecule has 1 aromatic rings. The summed E-state index contributed by atoms with van der Waals surface area (Å²) in [6.45, 7) is 10.4. The molecule has 0 saturated heterocycles. The zero-order valence-electron chi connectivity index (χ0n) is 12.8. The summed E-state index contributed by atoms with van der Waals surface area (Å²) in [5.74, 6) is 0.270. The molecule has 1 atom stereocenters. The lowest BCUT2D eigenvalue weighted by Crippen LogP contribution is -2.31. The summed E-state index contributed by atoms with van der Waals surface area (Å²) >= 11 is 5.85. The molecule has 1 unspecified atom stereocenters. The Morgan fingerprint density at radius 3 is 2.40 bits per heavy atom. The molecule has 0 aliphatic rings. The fourth-order valence-electron chi connectivity index (χ4n) is 2.03. The highest BCUT2D eigenvalue weighted by atomic mass is 35.5. The number of carbonyl (C=O) groups excluding carboxylic acids is 2. The van der Waals surface area contributed by atoms with Crippen molar-refractivity contribution in [2.45, 2.75) is 46.5 Å². The Balaban J connectivity index is 2.86. The maximum absolute atomic E-state index is 12.0. The van der Waals surface area contributed by atoms with E-state index in [2.05, 4.69) is 5.32 Å². The van der Waals surface area contributed by atoms with Crippen molar-refractivity contribution in [3.63, 3.8) is 0 Å². The van der Waals surface area contributed by atoms with Crippen LogP contribution in [0, 0.1) is 19.8 Å². The van der Waals surface area contributed by atoms with E-state index in [0.717, 1.165) is 11.4 Å². The summed E-state index contributed by atoms with van der Waals surface area (Å²) in [4.78, 5) is 23.9. The van der Waals surface area contributed by atoms with Gasteiger partial charge >= 0.3 is 0 Å². The molecule has 5 heteroatoms. The van der Waals surface area contributed by atoms with E-state index in [1.165, 1.54) is 0 Å². The van der Waals surface area contributed by atoms with Crippen LogP contribution >= 0.6 is 11.6 Å². The third-order valence-electron chi connectivity index (χ3n) is 3.21. The monoisotopic (exact) mass is 298 g/mol. The Kier molecular flexibility index (Phi) is 5.81. The minimum atomic E-state index is -0.557. The fraction of sp³-hybridized carbons (Fsp3) is 0.600. The van der Waals surface area contributed by atoms with E-state index in [4.69, 9.17) is 11.6 Å². The van der Waals surface area contributed by atoms with Crippen molar-refractivity contribution >= 4 is 23.3 Å². The number of carbonyl (C=O) groups is 2. The molecule has 1 N–H and O–H groups in total. The van der Waals surface area contributed by atoms with E-state index in [1.807, 2.05) is 32.3 Å². The number of aryl methyl sites for hydroxylation is 1. The van der Waals surface area contributed by atoms with Crippen molar-refractivity contribution in [3.8, 4) is 0 Å². The molecule has 0 aromatic carbocycles. The van der Waals surface area contributed by atoms with Crippen molar-refractivity contribution in [2.24, 2.45) is 5.92 Å². The number of halogens is 1. The van der Waals surface area contributed by atoms with Crippen LogP contribution in [0.4, 0.5) is 0 Å². The number of rotatable bonds is 6. The van der Waals surface area contributed by atoms with Gasteiger partial charge in [0.05, 0.1) is 5.38 Å². The second kappa shape index (κ2) is 6.93. The number of alkyl halides is 1. The van der Waals surface area contributed by atoms with Gasteiger partial charge in [-0.15, -0.1) is 11.6 Å². The van der Waals surface area contributed by atoms with Crippen LogP contribution in [0.2, 0.25) is 0 Å². The van der Waals surface area contributed by atoms with Crippen LogP contribution in [-0.4, -0.2) is 28.2 Å². The van der Waals surface area contributed by atoms with Crippen molar-refractivity contribution in [1.82, 2.24) is 9.88 Å². The summed E-state index contributed by atoms with van der Waals surface area (Å²) in [5, 5.41) is 2.32. The van der Waals surface area contributed by atoms with Gasteiger partial charge < -0.3 is 9.88 Å². The van der Waals surface area contributed by atoms with E-state index in [-0.39, 0.29) is 18.2 Å². The molecule has 112 valence electrons. The number of Topliss-reactive ketones (excluding diaryl/α,β-unsaturated/α-hetero) is 1. The Morgan fingerprint density at radius 1 is 1.30 bits per heavy atom. The van der Waals surface area contributed by atoms with Crippen LogP contribution in [0.3, 0.4) is 0 Å². The van der Waals surface area contributed by atoms with Gasteiger partial charge in [0.25, 0.3) is 0 Å². The van der Waals surface area contributed by atoms with Crippen LogP contribution < -0.4 is 5.32 Å². The molecule has 0 bridgehead atoms. The average molecular weight is 299 g/mol. The molecule has 0 saturated carbocycles. The molecule has 0 radical (unpaired) electrons. The van der Waals surface area contributed by atoms with Gasteiger partial charge in [-0.3, -0.25) is 9.59 Å². The van der Waals surface area contributed by atoms with E-state index in [0.29, 0.717) is 18.0 Å². The van der Waals surface area contributed by atoms with Gasteiger partial charge in [0.2, 0.25) is 5.91 Å². The van der Waals surface area contributed by atoms with Gasteiger partial charge in [0.15, 0.2) is 5.78 Å². The minimum absolute atomic E-state index is 0.0431. The lowest BCUT2D eigenvalue weighted by Gasteiger charge is -2.12. The number of nitrogens with zero attached hydrogens (tertiary/aromatic N) is 1. The quantitative estimate of drug-likeness (QED) is 0.648. The maximum atomic E-state index is 12.0. The summed E-state index contributed by atoms with van der Waals surface area (Å²) in [5.41, 5.74) is 2.28. The molecule has 4 nitrogen and oxygen atoms in total. The highest BCUT2D eigenvalue weighted by Gasteiger charge is 2.20. The van der Waals surface area contributed by atoms with E-state index < -0.39 is 5.38 Å². The number of hydrogen-bond donors (Lipinski definition) is 1.